The van der Waals surface area contributed by atoms with Crippen LogP contribution in [0.3, 0.4) is 0 Å². The SMILES string of the molecule is CCC(C)C1CN(Cc2cncc(Br)c2)C(C)(C)CN1. The van der Waals surface area contributed by atoms with Crippen molar-refractivity contribution in [3.8, 4) is 0 Å². The molecule has 0 saturated carbocycles. The maximum Gasteiger partial charge on any atom is 0.0410 e. The van der Waals surface area contributed by atoms with Crippen molar-refractivity contribution in [1.29, 1.82) is 0 Å². The Hall–Kier alpha value is -0.450. The Bertz CT molecular complexity index is 447. The van der Waals surface area contributed by atoms with Crippen LogP contribution in [0.5, 0.6) is 0 Å². The van der Waals surface area contributed by atoms with Crippen LogP contribution in [0.15, 0.2) is 22.9 Å². The molecule has 2 unspecified atom stereocenters. The van der Waals surface area contributed by atoms with E-state index in [9.17, 15) is 0 Å². The van der Waals surface area contributed by atoms with Gasteiger partial charge in [0.05, 0.1) is 0 Å². The van der Waals surface area contributed by atoms with Crippen LogP contribution in [0.2, 0.25) is 0 Å². The summed E-state index contributed by atoms with van der Waals surface area (Å²) in [6.07, 6.45) is 5.04. The second-order valence-electron chi connectivity index (χ2n) is 6.58. The Labute approximate surface area is 131 Å². The van der Waals surface area contributed by atoms with Gasteiger partial charge in [-0.15, -0.1) is 0 Å². The molecule has 0 bridgehead atoms. The number of aromatic nitrogens is 1. The van der Waals surface area contributed by atoms with Crippen LogP contribution in [0.4, 0.5) is 0 Å². The lowest BCUT2D eigenvalue weighted by molar-refractivity contribution is 0.0448. The summed E-state index contributed by atoms with van der Waals surface area (Å²) in [5.41, 5.74) is 1.46. The molecule has 1 N–H and O–H groups in total. The quantitative estimate of drug-likeness (QED) is 0.910. The fourth-order valence-electron chi connectivity index (χ4n) is 2.75. The Morgan fingerprint density at radius 1 is 1.50 bits per heavy atom. The third kappa shape index (κ3) is 3.80. The van der Waals surface area contributed by atoms with Crippen LogP contribution in [0, 0.1) is 5.92 Å². The van der Waals surface area contributed by atoms with Crippen molar-refractivity contribution < 1.29 is 0 Å². The average molecular weight is 340 g/mol. The number of hydrogen-bond acceptors (Lipinski definition) is 3. The van der Waals surface area contributed by atoms with Crippen LogP contribution < -0.4 is 5.32 Å². The minimum atomic E-state index is 0.187. The first-order valence-electron chi connectivity index (χ1n) is 7.50. The van der Waals surface area contributed by atoms with E-state index in [1.54, 1.807) is 0 Å². The molecule has 0 aromatic carbocycles. The molecule has 1 aliphatic rings. The summed E-state index contributed by atoms with van der Waals surface area (Å²) in [4.78, 5) is 6.87. The van der Waals surface area contributed by atoms with Gasteiger partial charge in [-0.05, 0) is 47.3 Å². The highest BCUT2D eigenvalue weighted by Crippen LogP contribution is 2.25. The lowest BCUT2D eigenvalue weighted by Crippen LogP contribution is -2.62. The Morgan fingerprint density at radius 2 is 2.25 bits per heavy atom. The number of pyridine rings is 1. The molecule has 1 fully saturated rings. The van der Waals surface area contributed by atoms with Gasteiger partial charge in [0.25, 0.3) is 0 Å². The number of hydrogen-bond donors (Lipinski definition) is 1. The third-order valence-electron chi connectivity index (χ3n) is 4.54. The van der Waals surface area contributed by atoms with Crippen LogP contribution in [0.25, 0.3) is 0 Å². The normalized spacial score (nSPS) is 24.6. The van der Waals surface area contributed by atoms with E-state index in [0.29, 0.717) is 12.0 Å². The first kappa shape index (κ1) is 15.9. The zero-order valence-corrected chi connectivity index (χ0v) is 14.6. The highest BCUT2D eigenvalue weighted by atomic mass is 79.9. The average Bonchev–Trinajstić information content (AvgIpc) is 2.40. The molecule has 3 nitrogen and oxygen atoms in total. The van der Waals surface area contributed by atoms with E-state index in [1.807, 2.05) is 12.4 Å². The molecular formula is C16H26BrN3. The fourth-order valence-corrected chi connectivity index (χ4v) is 3.16. The van der Waals surface area contributed by atoms with Crippen molar-refractivity contribution in [2.75, 3.05) is 13.1 Å². The Kier molecular flexibility index (Phi) is 5.21. The summed E-state index contributed by atoms with van der Waals surface area (Å²) < 4.78 is 1.06. The molecule has 112 valence electrons. The highest BCUT2D eigenvalue weighted by Gasteiger charge is 2.35. The van der Waals surface area contributed by atoms with Gasteiger partial charge >= 0.3 is 0 Å². The third-order valence-corrected chi connectivity index (χ3v) is 4.97. The Balaban J connectivity index is 2.10. The summed E-state index contributed by atoms with van der Waals surface area (Å²) in [6.45, 7) is 12.4. The van der Waals surface area contributed by atoms with E-state index in [-0.39, 0.29) is 5.54 Å². The standard InChI is InChI=1S/C16H26BrN3/c1-5-12(2)15-10-20(16(3,4)11-19-15)9-13-6-14(17)8-18-7-13/h6-8,12,15,19H,5,9-11H2,1-4H3. The molecule has 4 heteroatoms. The zero-order chi connectivity index (χ0) is 14.8. The summed E-state index contributed by atoms with van der Waals surface area (Å²) in [6, 6.07) is 2.76. The Morgan fingerprint density at radius 3 is 2.90 bits per heavy atom. The zero-order valence-electron chi connectivity index (χ0n) is 13.0. The van der Waals surface area contributed by atoms with Gasteiger partial charge in [-0.2, -0.15) is 0 Å². The predicted molar refractivity (Wildman–Crippen MR) is 87.7 cm³/mol. The second kappa shape index (κ2) is 6.54. The van der Waals surface area contributed by atoms with Gasteiger partial charge in [0, 0.05) is 48.1 Å². The van der Waals surface area contributed by atoms with E-state index in [1.165, 1.54) is 12.0 Å². The molecule has 0 spiro atoms. The minimum absolute atomic E-state index is 0.187. The van der Waals surface area contributed by atoms with E-state index in [2.05, 4.69) is 64.9 Å². The lowest BCUT2D eigenvalue weighted by atomic mass is 9.90. The van der Waals surface area contributed by atoms with Crippen LogP contribution in [-0.2, 0) is 6.54 Å². The maximum absolute atomic E-state index is 4.28. The number of piperazine rings is 1. The summed E-state index contributed by atoms with van der Waals surface area (Å²) in [5.74, 6) is 0.717. The van der Waals surface area contributed by atoms with E-state index in [0.717, 1.165) is 24.1 Å². The van der Waals surface area contributed by atoms with Crippen molar-refractivity contribution in [3.63, 3.8) is 0 Å². The molecular weight excluding hydrogens is 314 g/mol. The van der Waals surface area contributed by atoms with E-state index >= 15 is 0 Å². The van der Waals surface area contributed by atoms with Gasteiger partial charge in [-0.1, -0.05) is 20.3 Å². The summed E-state index contributed by atoms with van der Waals surface area (Å²) >= 11 is 3.51. The minimum Gasteiger partial charge on any atom is -0.311 e. The highest BCUT2D eigenvalue weighted by molar-refractivity contribution is 9.10. The van der Waals surface area contributed by atoms with Crippen molar-refractivity contribution in [2.24, 2.45) is 5.92 Å². The largest absolute Gasteiger partial charge is 0.311 e. The van der Waals surface area contributed by atoms with Gasteiger partial charge in [-0.25, -0.2) is 0 Å². The second-order valence-corrected chi connectivity index (χ2v) is 7.49. The molecule has 0 aliphatic carbocycles. The van der Waals surface area contributed by atoms with Crippen molar-refractivity contribution >= 4 is 15.9 Å². The first-order valence-corrected chi connectivity index (χ1v) is 8.29. The molecule has 20 heavy (non-hydrogen) atoms. The maximum atomic E-state index is 4.28. The van der Waals surface area contributed by atoms with Gasteiger partial charge in [0.1, 0.15) is 0 Å². The molecule has 1 aromatic rings. The van der Waals surface area contributed by atoms with Gasteiger partial charge < -0.3 is 5.32 Å². The van der Waals surface area contributed by atoms with Crippen LogP contribution >= 0.6 is 15.9 Å². The fraction of sp³-hybridized carbons (Fsp3) is 0.688. The number of halogens is 1. The van der Waals surface area contributed by atoms with Gasteiger partial charge in [-0.3, -0.25) is 9.88 Å². The molecule has 1 aromatic heterocycles. The van der Waals surface area contributed by atoms with E-state index in [4.69, 9.17) is 0 Å². The molecule has 0 amide bonds. The van der Waals surface area contributed by atoms with Crippen molar-refractivity contribution in [1.82, 2.24) is 15.2 Å². The lowest BCUT2D eigenvalue weighted by Gasteiger charge is -2.47. The number of nitrogens with one attached hydrogen (secondary N) is 1. The smallest absolute Gasteiger partial charge is 0.0410 e. The molecule has 1 saturated heterocycles. The van der Waals surface area contributed by atoms with Crippen LogP contribution in [0.1, 0.15) is 39.7 Å². The van der Waals surface area contributed by atoms with Gasteiger partial charge in [0.2, 0.25) is 0 Å². The van der Waals surface area contributed by atoms with E-state index < -0.39 is 0 Å². The number of nitrogens with zero attached hydrogens (tertiary/aromatic N) is 2. The summed E-state index contributed by atoms with van der Waals surface area (Å²) in [5, 5.41) is 3.72. The number of rotatable bonds is 4. The molecule has 1 aliphatic heterocycles. The summed E-state index contributed by atoms with van der Waals surface area (Å²) in [7, 11) is 0. The van der Waals surface area contributed by atoms with Crippen molar-refractivity contribution in [3.05, 3.63) is 28.5 Å². The topological polar surface area (TPSA) is 28.2 Å². The van der Waals surface area contributed by atoms with Crippen molar-refractivity contribution in [2.45, 2.75) is 52.2 Å². The van der Waals surface area contributed by atoms with Crippen LogP contribution in [-0.4, -0.2) is 34.6 Å². The molecule has 2 rings (SSSR count). The van der Waals surface area contributed by atoms with Gasteiger partial charge in [0.15, 0.2) is 0 Å². The first-order chi connectivity index (χ1) is 9.42. The monoisotopic (exact) mass is 339 g/mol. The predicted octanol–water partition coefficient (Wildman–Crippen LogP) is 3.44. The molecule has 2 heterocycles. The molecule has 2 atom stereocenters. The molecule has 0 radical (unpaired) electrons.